The number of nitrogens with zero attached hydrogens (tertiary/aromatic N) is 1. The number of Topliss-reactive ketones (excluding diaryl/α,β-unsaturated/α-hetero) is 3. The molecule has 1 heterocycles. The van der Waals surface area contributed by atoms with E-state index >= 15 is 0 Å². The number of carbonyl (C=O) groups is 6. The maximum absolute atomic E-state index is 14.6. The number of nitrogens with one attached hydrogen (secondary N) is 1. The standard InChI is InChI=1S/C49H54ClN3O9/c1-29(8-21-46(59)62-4)23-44(57)40-26-31-9-19-41(54)38(25-31)39-27-35(16-20-42(39)55)47(45(58)24-30(2)48(60)52-40)53(3)49(61)36(7-5-6-22-51)28-43(56)34-12-10-32(11-13-34)33-14-17-37(50)18-15-33/h8-21,25,27,29-30,36,40,47,54-55H,5-7,22-24,26,28,51H2,1-4H3,(H,52,60)/b21-8+/t29-,30+,36+,40-,47-/m0/s1. The number of likely N-dealkylation sites (N-methyl/N-ethyl adjacent to an activating group) is 1. The molecular formula is C49H54ClN3O9. The molecule has 0 saturated carbocycles. The average Bonchev–Trinajstić information content (AvgIpc) is 3.25. The zero-order valence-corrected chi connectivity index (χ0v) is 36.2. The molecule has 4 aromatic rings. The van der Waals surface area contributed by atoms with Crippen molar-refractivity contribution in [1.82, 2.24) is 10.2 Å². The number of carbonyl (C=O) groups excluding carboxylic acids is 6. The first kappa shape index (κ1) is 46.9. The highest BCUT2D eigenvalue weighted by Crippen LogP contribution is 2.40. The summed E-state index contributed by atoms with van der Waals surface area (Å²) in [4.78, 5) is 83.6. The molecule has 0 spiro atoms. The number of nitrogens with two attached hydrogens (primary N) is 1. The van der Waals surface area contributed by atoms with Crippen LogP contribution in [0.4, 0.5) is 0 Å². The summed E-state index contributed by atoms with van der Waals surface area (Å²) in [6.45, 7) is 3.70. The highest BCUT2D eigenvalue weighted by Gasteiger charge is 2.36. The molecule has 0 fully saturated rings. The number of methoxy groups -OCH3 is 1. The summed E-state index contributed by atoms with van der Waals surface area (Å²) < 4.78 is 4.65. The van der Waals surface area contributed by atoms with E-state index in [0.717, 1.165) is 11.1 Å². The zero-order valence-electron chi connectivity index (χ0n) is 35.4. The van der Waals surface area contributed by atoms with Gasteiger partial charge in [0.2, 0.25) is 11.8 Å². The van der Waals surface area contributed by atoms with E-state index in [4.69, 9.17) is 17.3 Å². The summed E-state index contributed by atoms with van der Waals surface area (Å²) in [5.41, 5.74) is 9.30. The largest absolute Gasteiger partial charge is 0.507 e. The smallest absolute Gasteiger partial charge is 0.330 e. The second-order valence-electron chi connectivity index (χ2n) is 16.0. The molecule has 12 nitrogen and oxygen atoms in total. The van der Waals surface area contributed by atoms with E-state index < -0.39 is 47.5 Å². The van der Waals surface area contributed by atoms with Crippen molar-refractivity contribution in [3.8, 4) is 33.8 Å². The third-order valence-corrected chi connectivity index (χ3v) is 11.5. The molecule has 4 aromatic carbocycles. The van der Waals surface area contributed by atoms with E-state index in [9.17, 15) is 39.0 Å². The summed E-state index contributed by atoms with van der Waals surface area (Å²) >= 11 is 6.06. The van der Waals surface area contributed by atoms with E-state index in [1.54, 1.807) is 56.3 Å². The van der Waals surface area contributed by atoms with Crippen LogP contribution in [0.15, 0.2) is 97.1 Å². The van der Waals surface area contributed by atoms with Gasteiger partial charge in [-0.2, -0.15) is 0 Å². The van der Waals surface area contributed by atoms with Crippen LogP contribution in [0.5, 0.6) is 11.5 Å². The number of halogens is 1. The number of phenols is 2. The molecular weight excluding hydrogens is 810 g/mol. The number of rotatable bonds is 15. The minimum atomic E-state index is -1.27. The molecule has 326 valence electrons. The van der Waals surface area contributed by atoms with E-state index in [-0.39, 0.29) is 65.8 Å². The lowest BCUT2D eigenvalue weighted by molar-refractivity contribution is -0.142. The van der Waals surface area contributed by atoms with Crippen molar-refractivity contribution in [3.05, 3.63) is 119 Å². The van der Waals surface area contributed by atoms with E-state index in [1.807, 2.05) is 24.3 Å². The number of hydrogen-bond donors (Lipinski definition) is 4. The number of amides is 2. The fourth-order valence-corrected chi connectivity index (χ4v) is 7.85. The topological polar surface area (TPSA) is 193 Å². The average molecular weight is 864 g/mol. The second-order valence-corrected chi connectivity index (χ2v) is 16.5. The Bertz CT molecular complexity index is 2310. The van der Waals surface area contributed by atoms with Crippen LogP contribution in [0.2, 0.25) is 5.02 Å². The maximum atomic E-state index is 14.6. The number of aromatic hydroxyl groups is 2. The molecule has 62 heavy (non-hydrogen) atoms. The number of ketones is 3. The van der Waals surface area contributed by atoms with Gasteiger partial charge in [0.05, 0.1) is 13.2 Å². The number of fused-ring (bicyclic) bond motifs is 5. The van der Waals surface area contributed by atoms with Crippen LogP contribution in [0.25, 0.3) is 22.3 Å². The van der Waals surface area contributed by atoms with Crippen LogP contribution < -0.4 is 11.1 Å². The first-order chi connectivity index (χ1) is 29.6. The summed E-state index contributed by atoms with van der Waals surface area (Å²) in [6.07, 6.45) is 3.80. The first-order valence-electron chi connectivity index (χ1n) is 20.7. The Hall–Kier alpha value is -6.11. The Morgan fingerprint density at radius 2 is 1.52 bits per heavy atom. The number of esters is 1. The minimum absolute atomic E-state index is 0.0296. The molecule has 1 aliphatic rings. The number of hydrogen-bond acceptors (Lipinski definition) is 10. The van der Waals surface area contributed by atoms with Crippen LogP contribution in [0.1, 0.15) is 79.9 Å². The van der Waals surface area contributed by atoms with E-state index in [0.29, 0.717) is 47.5 Å². The Morgan fingerprint density at radius 3 is 2.16 bits per heavy atom. The molecule has 0 unspecified atom stereocenters. The third-order valence-electron chi connectivity index (χ3n) is 11.3. The van der Waals surface area contributed by atoms with Crippen LogP contribution in [-0.2, 0) is 35.1 Å². The number of benzene rings is 4. The fraction of sp³-hybridized carbons (Fsp3) is 0.347. The van der Waals surface area contributed by atoms with Gasteiger partial charge in [0, 0.05) is 65.9 Å². The van der Waals surface area contributed by atoms with Gasteiger partial charge in [-0.25, -0.2) is 4.79 Å². The summed E-state index contributed by atoms with van der Waals surface area (Å²) in [5.74, 6) is -5.23. The van der Waals surface area contributed by atoms with Crippen molar-refractivity contribution in [1.29, 1.82) is 0 Å². The van der Waals surface area contributed by atoms with Gasteiger partial charge in [0.15, 0.2) is 17.3 Å². The molecule has 5 rings (SSSR count). The Labute approximate surface area is 367 Å². The van der Waals surface area contributed by atoms with Gasteiger partial charge < -0.3 is 30.9 Å². The van der Waals surface area contributed by atoms with Crippen LogP contribution in [0, 0.1) is 17.8 Å². The van der Waals surface area contributed by atoms with Gasteiger partial charge in [-0.3, -0.25) is 24.0 Å². The van der Waals surface area contributed by atoms with Crippen LogP contribution in [0.3, 0.4) is 0 Å². The number of phenolic OH excluding ortho intramolecular Hbond substituents is 2. The molecule has 5 N–H and O–H groups in total. The second kappa shape index (κ2) is 21.6. The van der Waals surface area contributed by atoms with E-state index in [1.165, 1.54) is 49.4 Å². The third kappa shape index (κ3) is 12.0. The van der Waals surface area contributed by atoms with Gasteiger partial charge >= 0.3 is 5.97 Å². The molecule has 13 heteroatoms. The highest BCUT2D eigenvalue weighted by molar-refractivity contribution is 6.30. The normalized spacial score (nSPS) is 17.7. The predicted molar refractivity (Wildman–Crippen MR) is 237 cm³/mol. The van der Waals surface area contributed by atoms with Crippen molar-refractivity contribution in [2.75, 3.05) is 20.7 Å². The van der Waals surface area contributed by atoms with E-state index in [2.05, 4.69) is 10.1 Å². The molecule has 4 bridgehead atoms. The monoisotopic (exact) mass is 863 g/mol. The molecule has 0 radical (unpaired) electrons. The van der Waals surface area contributed by atoms with Crippen molar-refractivity contribution in [3.63, 3.8) is 0 Å². The minimum Gasteiger partial charge on any atom is -0.507 e. The maximum Gasteiger partial charge on any atom is 0.330 e. The van der Waals surface area contributed by atoms with Gasteiger partial charge in [-0.1, -0.05) is 86.5 Å². The molecule has 2 amide bonds. The summed E-state index contributed by atoms with van der Waals surface area (Å²) in [7, 11) is 2.73. The van der Waals surface area contributed by atoms with Gasteiger partial charge in [0.25, 0.3) is 0 Å². The van der Waals surface area contributed by atoms with Crippen LogP contribution >= 0.6 is 11.6 Å². The van der Waals surface area contributed by atoms with Crippen molar-refractivity contribution < 1.29 is 43.7 Å². The Balaban J connectivity index is 1.48. The quantitative estimate of drug-likeness (QED) is 0.0401. The lowest BCUT2D eigenvalue weighted by Gasteiger charge is -2.32. The molecule has 1 aliphatic heterocycles. The van der Waals surface area contributed by atoms with Crippen molar-refractivity contribution >= 4 is 46.7 Å². The molecule has 0 aromatic heterocycles. The number of allylic oxidation sites excluding steroid dienone is 1. The fourth-order valence-electron chi connectivity index (χ4n) is 7.73. The summed E-state index contributed by atoms with van der Waals surface area (Å²) in [6, 6.07) is 21.2. The van der Waals surface area contributed by atoms with Crippen molar-refractivity contribution in [2.45, 2.75) is 70.9 Å². The Kier molecular flexibility index (Phi) is 16.4. The SMILES string of the molecule is COC(=O)/C=C/[C@H](C)CC(=O)[C@@H]1Cc2ccc(O)c(c2)-c2cc(ccc2O)[C@H](N(C)C(=O)[C@H](CCCCN)CC(=O)c2ccc(-c3ccc(Cl)cc3)cc2)C(=O)C[C@@H](C)C(=O)N1. The van der Waals surface area contributed by atoms with Gasteiger partial charge in [-0.05, 0) is 90.4 Å². The molecule has 5 atom stereocenters. The molecule has 0 aliphatic carbocycles. The van der Waals surface area contributed by atoms with Crippen molar-refractivity contribution in [2.24, 2.45) is 23.5 Å². The zero-order chi connectivity index (χ0) is 45.1. The predicted octanol–water partition coefficient (Wildman–Crippen LogP) is 7.56. The summed E-state index contributed by atoms with van der Waals surface area (Å²) in [5, 5.41) is 25.7. The lowest BCUT2D eigenvalue weighted by atomic mass is 9.87. The first-order valence-corrected chi connectivity index (χ1v) is 21.1. The number of unbranched alkanes of at least 4 members (excludes halogenated alkanes) is 1. The highest BCUT2D eigenvalue weighted by atomic mass is 35.5. The van der Waals surface area contributed by atoms with Gasteiger partial charge in [0.1, 0.15) is 17.5 Å². The number of ether oxygens (including phenoxy) is 1. The van der Waals surface area contributed by atoms with Crippen LogP contribution in [-0.4, -0.2) is 77.0 Å². The van der Waals surface area contributed by atoms with Gasteiger partial charge in [-0.15, -0.1) is 0 Å². The molecule has 0 saturated heterocycles. The lowest BCUT2D eigenvalue weighted by Crippen LogP contribution is -2.46. The Morgan fingerprint density at radius 1 is 0.887 bits per heavy atom.